The van der Waals surface area contributed by atoms with Crippen LogP contribution >= 0.6 is 22.9 Å². The minimum Gasteiger partial charge on any atom is -0.354 e. The Morgan fingerprint density at radius 2 is 1.97 bits per heavy atom. The average Bonchev–Trinajstić information content (AvgIpc) is 3.27. The Morgan fingerprint density at radius 3 is 2.60 bits per heavy atom. The zero-order valence-corrected chi connectivity index (χ0v) is 19.6. The molecule has 1 aliphatic rings. The second kappa shape index (κ2) is 10.3. The summed E-state index contributed by atoms with van der Waals surface area (Å²) in [4.78, 5) is 14.1. The predicted molar refractivity (Wildman–Crippen MR) is 130 cm³/mol. The molecule has 0 spiro atoms. The standard InChI is InChI=1S/C25H31ClN2OS/c1-16-15-21(26)12-13-22(16)28-24(23-11-8-14-30-23)17(2)18(3)25(29)27-19(4)20-9-6-5-7-10-20/h8,11-15,19-20,28H,3,5-7,9-10H2,1-2,4H3,(H,27,29)/b24-17-/t19-/m1/s1. The molecule has 30 heavy (non-hydrogen) atoms. The quantitative estimate of drug-likeness (QED) is 0.351. The van der Waals surface area contributed by atoms with E-state index in [1.165, 1.54) is 32.1 Å². The lowest BCUT2D eigenvalue weighted by atomic mass is 9.84. The van der Waals surface area contributed by atoms with E-state index in [2.05, 4.69) is 30.2 Å². The van der Waals surface area contributed by atoms with E-state index in [0.29, 0.717) is 16.5 Å². The van der Waals surface area contributed by atoms with Crippen molar-refractivity contribution in [3.05, 3.63) is 68.9 Å². The van der Waals surface area contributed by atoms with Gasteiger partial charge in [0, 0.05) is 22.3 Å². The molecular weight excluding hydrogens is 412 g/mol. The van der Waals surface area contributed by atoms with E-state index in [1.54, 1.807) is 11.3 Å². The summed E-state index contributed by atoms with van der Waals surface area (Å²) in [6.45, 7) is 10.2. The first-order valence-corrected chi connectivity index (χ1v) is 11.9. The first kappa shape index (κ1) is 22.6. The molecule has 3 rings (SSSR count). The summed E-state index contributed by atoms with van der Waals surface area (Å²) in [5.74, 6) is 0.473. The molecule has 1 heterocycles. The first-order chi connectivity index (χ1) is 14.4. The maximum atomic E-state index is 13.0. The number of hydrogen-bond donors (Lipinski definition) is 2. The Bertz CT molecular complexity index is 927. The fourth-order valence-electron chi connectivity index (χ4n) is 4.03. The Balaban J connectivity index is 1.82. The summed E-state index contributed by atoms with van der Waals surface area (Å²) in [5, 5.41) is 9.46. The number of carbonyl (C=O) groups excluding carboxylic acids is 1. The molecule has 2 N–H and O–H groups in total. The molecule has 0 unspecified atom stereocenters. The summed E-state index contributed by atoms with van der Waals surface area (Å²) in [7, 11) is 0. The highest BCUT2D eigenvalue weighted by Crippen LogP contribution is 2.31. The summed E-state index contributed by atoms with van der Waals surface area (Å²) < 4.78 is 0. The molecule has 1 amide bonds. The van der Waals surface area contributed by atoms with Gasteiger partial charge in [-0.05, 0) is 80.3 Å². The van der Waals surface area contributed by atoms with Gasteiger partial charge in [-0.15, -0.1) is 11.3 Å². The van der Waals surface area contributed by atoms with E-state index < -0.39 is 0 Å². The Labute approximate surface area is 189 Å². The lowest BCUT2D eigenvalue weighted by molar-refractivity contribution is -0.118. The Morgan fingerprint density at radius 1 is 1.23 bits per heavy atom. The van der Waals surface area contributed by atoms with Crippen LogP contribution in [-0.2, 0) is 4.79 Å². The number of carbonyl (C=O) groups is 1. The van der Waals surface area contributed by atoms with Crippen molar-refractivity contribution in [2.24, 2.45) is 5.92 Å². The molecule has 0 aliphatic heterocycles. The van der Waals surface area contributed by atoms with E-state index in [0.717, 1.165) is 27.4 Å². The summed E-state index contributed by atoms with van der Waals surface area (Å²) in [6, 6.07) is 9.99. The summed E-state index contributed by atoms with van der Waals surface area (Å²) >= 11 is 7.75. The summed E-state index contributed by atoms with van der Waals surface area (Å²) in [6.07, 6.45) is 6.22. The van der Waals surface area contributed by atoms with E-state index in [-0.39, 0.29) is 11.9 Å². The number of benzene rings is 1. The number of aryl methyl sites for hydroxylation is 1. The van der Waals surface area contributed by atoms with Crippen molar-refractivity contribution in [1.82, 2.24) is 5.32 Å². The molecule has 160 valence electrons. The van der Waals surface area contributed by atoms with Gasteiger partial charge in [0.25, 0.3) is 5.91 Å². The maximum absolute atomic E-state index is 13.0. The smallest absolute Gasteiger partial charge is 0.251 e. The molecule has 0 radical (unpaired) electrons. The summed E-state index contributed by atoms with van der Waals surface area (Å²) in [5.41, 5.74) is 4.26. The highest BCUT2D eigenvalue weighted by Gasteiger charge is 2.23. The fourth-order valence-corrected chi connectivity index (χ4v) is 5.04. The van der Waals surface area contributed by atoms with Crippen molar-refractivity contribution in [3.8, 4) is 0 Å². The van der Waals surface area contributed by atoms with Crippen LogP contribution in [0.3, 0.4) is 0 Å². The highest BCUT2D eigenvalue weighted by molar-refractivity contribution is 7.11. The van der Waals surface area contributed by atoms with E-state index >= 15 is 0 Å². The van der Waals surface area contributed by atoms with Gasteiger partial charge >= 0.3 is 0 Å². The second-order valence-corrected chi connectivity index (χ2v) is 9.58. The van der Waals surface area contributed by atoms with Gasteiger partial charge in [-0.3, -0.25) is 4.79 Å². The lowest BCUT2D eigenvalue weighted by Gasteiger charge is -2.28. The van der Waals surface area contributed by atoms with Crippen LogP contribution in [0.4, 0.5) is 5.69 Å². The van der Waals surface area contributed by atoms with Crippen LogP contribution in [0, 0.1) is 12.8 Å². The molecule has 0 bridgehead atoms. The molecule has 3 nitrogen and oxygen atoms in total. The zero-order valence-electron chi connectivity index (χ0n) is 18.1. The van der Waals surface area contributed by atoms with E-state index in [9.17, 15) is 4.79 Å². The number of rotatable bonds is 7. The van der Waals surface area contributed by atoms with Gasteiger partial charge < -0.3 is 10.6 Å². The van der Waals surface area contributed by atoms with Crippen LogP contribution in [0.1, 0.15) is 56.4 Å². The van der Waals surface area contributed by atoms with Crippen LogP contribution in [0.15, 0.2) is 53.4 Å². The zero-order chi connectivity index (χ0) is 21.7. The molecule has 5 heteroatoms. The van der Waals surface area contributed by atoms with Crippen LogP contribution in [0.2, 0.25) is 5.02 Å². The topological polar surface area (TPSA) is 41.1 Å². The molecule has 2 aromatic rings. The van der Waals surface area contributed by atoms with Crippen molar-refractivity contribution >= 4 is 40.2 Å². The Kier molecular flexibility index (Phi) is 7.79. The molecule has 1 aromatic heterocycles. The minimum absolute atomic E-state index is 0.0887. The molecule has 0 saturated heterocycles. The molecular formula is C25H31ClN2OS. The van der Waals surface area contributed by atoms with Crippen LogP contribution in [0.5, 0.6) is 0 Å². The number of hydrogen-bond acceptors (Lipinski definition) is 3. The third-order valence-corrected chi connectivity index (χ3v) is 7.16. The number of halogens is 1. The van der Waals surface area contributed by atoms with Gasteiger partial charge in [-0.1, -0.05) is 43.5 Å². The van der Waals surface area contributed by atoms with Gasteiger partial charge in [0.2, 0.25) is 0 Å². The van der Waals surface area contributed by atoms with Crippen molar-refractivity contribution in [2.75, 3.05) is 5.32 Å². The molecule has 1 aliphatic carbocycles. The van der Waals surface area contributed by atoms with Gasteiger partial charge in [-0.25, -0.2) is 0 Å². The lowest BCUT2D eigenvalue weighted by Crippen LogP contribution is -2.39. The molecule has 1 atom stereocenters. The molecule has 1 fully saturated rings. The third-order valence-electron chi connectivity index (χ3n) is 6.03. The SMILES string of the molecule is C=C(C(=O)N[C@H](C)C1CCCCC1)/C(C)=C(\Nc1ccc(Cl)cc1C)c1cccs1. The van der Waals surface area contributed by atoms with Crippen LogP contribution in [-0.4, -0.2) is 11.9 Å². The van der Waals surface area contributed by atoms with Crippen molar-refractivity contribution < 1.29 is 4.79 Å². The molecule has 1 aromatic carbocycles. The minimum atomic E-state index is -0.0887. The predicted octanol–water partition coefficient (Wildman–Crippen LogP) is 7.19. The van der Waals surface area contributed by atoms with Crippen molar-refractivity contribution in [3.63, 3.8) is 0 Å². The second-order valence-electron chi connectivity index (χ2n) is 8.20. The van der Waals surface area contributed by atoms with Crippen LogP contribution < -0.4 is 10.6 Å². The van der Waals surface area contributed by atoms with Gasteiger partial charge in [0.1, 0.15) is 0 Å². The number of nitrogens with one attached hydrogen (secondary N) is 2. The average molecular weight is 443 g/mol. The number of anilines is 1. The van der Waals surface area contributed by atoms with E-state index in [1.807, 2.05) is 43.5 Å². The Hall–Kier alpha value is -2.04. The molecule has 1 saturated carbocycles. The highest BCUT2D eigenvalue weighted by atomic mass is 35.5. The van der Waals surface area contributed by atoms with Gasteiger partial charge in [-0.2, -0.15) is 0 Å². The van der Waals surface area contributed by atoms with Gasteiger partial charge in [0.05, 0.1) is 10.6 Å². The van der Waals surface area contributed by atoms with E-state index in [4.69, 9.17) is 11.6 Å². The third kappa shape index (κ3) is 5.55. The number of thiophene rings is 1. The normalized spacial score (nSPS) is 16.5. The van der Waals surface area contributed by atoms with Crippen molar-refractivity contribution in [2.45, 2.75) is 58.9 Å². The van der Waals surface area contributed by atoms with Gasteiger partial charge in [0.15, 0.2) is 0 Å². The largest absolute Gasteiger partial charge is 0.354 e. The van der Waals surface area contributed by atoms with Crippen LogP contribution in [0.25, 0.3) is 5.70 Å². The fraction of sp³-hybridized carbons (Fsp3) is 0.400. The van der Waals surface area contributed by atoms with Crippen molar-refractivity contribution in [1.29, 1.82) is 0 Å². The maximum Gasteiger partial charge on any atom is 0.251 e. The monoisotopic (exact) mass is 442 g/mol. The first-order valence-electron chi connectivity index (χ1n) is 10.6. The number of amides is 1.